The first-order chi connectivity index (χ1) is 15.9. The highest BCUT2D eigenvalue weighted by Crippen LogP contribution is 2.22. The summed E-state index contributed by atoms with van der Waals surface area (Å²) in [5.74, 6) is -1.43. The first-order valence-corrected chi connectivity index (χ1v) is 10.9. The van der Waals surface area contributed by atoms with Crippen molar-refractivity contribution in [1.29, 1.82) is 0 Å². The summed E-state index contributed by atoms with van der Waals surface area (Å²) in [5, 5.41) is 22.6. The molecule has 1 atom stereocenters. The van der Waals surface area contributed by atoms with Crippen LogP contribution in [0, 0.1) is 0 Å². The van der Waals surface area contributed by atoms with Gasteiger partial charge in [-0.15, -0.1) is 0 Å². The molecule has 3 aromatic rings. The lowest BCUT2D eigenvalue weighted by molar-refractivity contribution is 0.0699. The number of unbranched alkanes of at least 4 members (excludes halogenated alkanes) is 1. The fourth-order valence-corrected chi connectivity index (χ4v) is 3.72. The van der Waals surface area contributed by atoms with E-state index in [1.807, 2.05) is 12.1 Å². The number of hydrogen-bond donors (Lipinski definition) is 4. The molecule has 0 radical (unpaired) electrons. The first kappa shape index (κ1) is 24.2. The average molecular weight is 452 g/mol. The molecule has 0 saturated carbocycles. The van der Waals surface area contributed by atoms with Crippen LogP contribution < -0.4 is 11.1 Å². The standard InChI is InChI=1S/C25H29N3O5/c1-33-15-18(12-17-5-8-19(29)9-6-17)27-24(30)23-14-21(25(31)32)20-13-16(4-2-3-11-26)7-10-22(20)28-23/h5-10,13-14,18,29H,2-4,11-12,15,26H2,1H3,(H,27,30)(H,31,32)/t18-/m0/s1. The number of aromatic carboxylic acids is 1. The Morgan fingerprint density at radius 3 is 2.48 bits per heavy atom. The Hall–Kier alpha value is -3.49. The summed E-state index contributed by atoms with van der Waals surface area (Å²) in [5.41, 5.74) is 7.98. The molecule has 3 rings (SSSR count). The Morgan fingerprint density at radius 2 is 1.82 bits per heavy atom. The van der Waals surface area contributed by atoms with Gasteiger partial charge in [-0.1, -0.05) is 18.2 Å². The summed E-state index contributed by atoms with van der Waals surface area (Å²) < 4.78 is 5.24. The maximum absolute atomic E-state index is 13.0. The highest BCUT2D eigenvalue weighted by Gasteiger charge is 2.19. The van der Waals surface area contributed by atoms with Crippen molar-refractivity contribution in [3.8, 4) is 5.75 Å². The molecule has 2 aromatic carbocycles. The number of carbonyl (C=O) groups is 2. The normalized spacial score (nSPS) is 11.9. The molecule has 5 N–H and O–H groups in total. The number of aromatic nitrogens is 1. The lowest BCUT2D eigenvalue weighted by Crippen LogP contribution is -2.40. The SMILES string of the molecule is COC[C@H](Cc1ccc(O)cc1)NC(=O)c1cc(C(=O)O)c2cc(CCCCN)ccc2n1. The number of hydrogen-bond acceptors (Lipinski definition) is 6. The summed E-state index contributed by atoms with van der Waals surface area (Å²) in [7, 11) is 1.54. The largest absolute Gasteiger partial charge is 0.508 e. The van der Waals surface area contributed by atoms with E-state index < -0.39 is 11.9 Å². The predicted octanol–water partition coefficient (Wildman–Crippen LogP) is 2.91. The third-order valence-electron chi connectivity index (χ3n) is 5.38. The number of carboxylic acid groups (broad SMARTS) is 1. The molecule has 0 fully saturated rings. The second-order valence-corrected chi connectivity index (χ2v) is 7.95. The molecule has 0 aliphatic rings. The molecule has 33 heavy (non-hydrogen) atoms. The van der Waals surface area contributed by atoms with E-state index in [0.717, 1.165) is 30.4 Å². The van der Waals surface area contributed by atoms with Crippen LogP contribution in [-0.2, 0) is 17.6 Å². The monoisotopic (exact) mass is 451 g/mol. The van der Waals surface area contributed by atoms with Crippen molar-refractivity contribution in [2.24, 2.45) is 5.73 Å². The zero-order chi connectivity index (χ0) is 23.8. The van der Waals surface area contributed by atoms with Crippen LogP contribution in [0.3, 0.4) is 0 Å². The van der Waals surface area contributed by atoms with Gasteiger partial charge in [-0.3, -0.25) is 4.79 Å². The number of rotatable bonds is 11. The van der Waals surface area contributed by atoms with Gasteiger partial charge in [-0.25, -0.2) is 9.78 Å². The van der Waals surface area contributed by atoms with Gasteiger partial charge in [0.2, 0.25) is 0 Å². The van der Waals surface area contributed by atoms with E-state index >= 15 is 0 Å². The van der Waals surface area contributed by atoms with Crippen LogP contribution in [0.25, 0.3) is 10.9 Å². The Morgan fingerprint density at radius 1 is 1.09 bits per heavy atom. The summed E-state index contributed by atoms with van der Waals surface area (Å²) in [4.78, 5) is 29.3. The van der Waals surface area contributed by atoms with Gasteiger partial charge in [0.05, 0.1) is 23.7 Å². The minimum absolute atomic E-state index is 0.0302. The van der Waals surface area contributed by atoms with Gasteiger partial charge in [-0.05, 0) is 73.7 Å². The number of nitrogens with one attached hydrogen (secondary N) is 1. The third-order valence-corrected chi connectivity index (χ3v) is 5.38. The van der Waals surface area contributed by atoms with Gasteiger partial charge >= 0.3 is 5.97 Å². The molecule has 0 spiro atoms. The number of ether oxygens (including phenoxy) is 1. The molecule has 1 amide bonds. The van der Waals surface area contributed by atoms with Crippen molar-refractivity contribution in [1.82, 2.24) is 10.3 Å². The van der Waals surface area contributed by atoms with E-state index in [1.54, 1.807) is 30.3 Å². The van der Waals surface area contributed by atoms with E-state index in [1.165, 1.54) is 13.2 Å². The Bertz CT molecular complexity index is 1110. The summed E-state index contributed by atoms with van der Waals surface area (Å²) >= 11 is 0. The number of pyridine rings is 1. The molecule has 0 saturated heterocycles. The fraction of sp³-hybridized carbons (Fsp3) is 0.320. The Balaban J connectivity index is 1.84. The number of phenolic OH excluding ortho intramolecular Hbond substituents is 1. The van der Waals surface area contributed by atoms with Crippen LogP contribution in [0.1, 0.15) is 44.8 Å². The number of nitrogens with two attached hydrogens (primary N) is 1. The van der Waals surface area contributed by atoms with Crippen LogP contribution in [0.4, 0.5) is 0 Å². The molecule has 0 aliphatic heterocycles. The summed E-state index contributed by atoms with van der Waals surface area (Å²) in [6, 6.07) is 13.1. The highest BCUT2D eigenvalue weighted by atomic mass is 16.5. The van der Waals surface area contributed by atoms with E-state index in [4.69, 9.17) is 10.5 Å². The summed E-state index contributed by atoms with van der Waals surface area (Å²) in [6.07, 6.45) is 3.09. The van der Waals surface area contributed by atoms with Crippen LogP contribution in [0.2, 0.25) is 0 Å². The van der Waals surface area contributed by atoms with Gasteiger partial charge in [-0.2, -0.15) is 0 Å². The number of fused-ring (bicyclic) bond motifs is 1. The molecule has 0 aliphatic carbocycles. The molecule has 8 nitrogen and oxygen atoms in total. The first-order valence-electron chi connectivity index (χ1n) is 10.9. The van der Waals surface area contributed by atoms with Gasteiger partial charge < -0.3 is 26.0 Å². The molecular formula is C25H29N3O5. The number of carboxylic acids is 1. The Kier molecular flexibility index (Phi) is 8.34. The third kappa shape index (κ3) is 6.50. The van der Waals surface area contributed by atoms with Crippen molar-refractivity contribution < 1.29 is 24.5 Å². The number of amides is 1. The number of nitrogens with zero attached hydrogens (tertiary/aromatic N) is 1. The zero-order valence-electron chi connectivity index (χ0n) is 18.6. The van der Waals surface area contributed by atoms with Crippen LogP contribution >= 0.6 is 0 Å². The topological polar surface area (TPSA) is 135 Å². The minimum atomic E-state index is -1.12. The molecule has 1 aromatic heterocycles. The van der Waals surface area contributed by atoms with Crippen molar-refractivity contribution in [2.75, 3.05) is 20.3 Å². The maximum Gasteiger partial charge on any atom is 0.336 e. The number of methoxy groups -OCH3 is 1. The average Bonchev–Trinajstić information content (AvgIpc) is 2.80. The number of aromatic hydroxyl groups is 1. The van der Waals surface area contributed by atoms with Gasteiger partial charge in [0.15, 0.2) is 0 Å². The van der Waals surface area contributed by atoms with E-state index in [0.29, 0.717) is 23.9 Å². The second kappa shape index (κ2) is 11.4. The molecular weight excluding hydrogens is 422 g/mol. The molecule has 0 unspecified atom stereocenters. The second-order valence-electron chi connectivity index (χ2n) is 7.95. The van der Waals surface area contributed by atoms with Crippen molar-refractivity contribution in [2.45, 2.75) is 31.7 Å². The highest BCUT2D eigenvalue weighted by molar-refractivity contribution is 6.06. The molecule has 8 heteroatoms. The van der Waals surface area contributed by atoms with Crippen LogP contribution in [0.5, 0.6) is 5.75 Å². The quantitative estimate of drug-likeness (QED) is 0.329. The van der Waals surface area contributed by atoms with E-state index in [9.17, 15) is 19.8 Å². The predicted molar refractivity (Wildman–Crippen MR) is 126 cm³/mol. The number of benzene rings is 2. The maximum atomic E-state index is 13.0. The molecule has 174 valence electrons. The van der Waals surface area contributed by atoms with Gasteiger partial charge in [0, 0.05) is 12.5 Å². The van der Waals surface area contributed by atoms with E-state index in [2.05, 4.69) is 10.3 Å². The van der Waals surface area contributed by atoms with Crippen molar-refractivity contribution in [3.05, 3.63) is 70.9 Å². The molecule has 1 heterocycles. The van der Waals surface area contributed by atoms with Crippen molar-refractivity contribution >= 4 is 22.8 Å². The fourth-order valence-electron chi connectivity index (χ4n) is 3.72. The molecule has 0 bridgehead atoms. The van der Waals surface area contributed by atoms with Crippen LogP contribution in [0.15, 0.2) is 48.5 Å². The summed E-state index contributed by atoms with van der Waals surface area (Å²) in [6.45, 7) is 0.878. The lowest BCUT2D eigenvalue weighted by Gasteiger charge is -2.18. The zero-order valence-corrected chi connectivity index (χ0v) is 18.6. The number of phenols is 1. The van der Waals surface area contributed by atoms with Gasteiger partial charge in [0.25, 0.3) is 5.91 Å². The van der Waals surface area contributed by atoms with E-state index in [-0.39, 0.29) is 29.7 Å². The van der Waals surface area contributed by atoms with Crippen LogP contribution in [-0.4, -0.2) is 53.4 Å². The lowest BCUT2D eigenvalue weighted by atomic mass is 10.0. The number of carbonyl (C=O) groups excluding carboxylic acids is 1. The minimum Gasteiger partial charge on any atom is -0.508 e. The Labute approximate surface area is 192 Å². The van der Waals surface area contributed by atoms with Crippen molar-refractivity contribution in [3.63, 3.8) is 0 Å². The number of aryl methyl sites for hydroxylation is 1. The smallest absolute Gasteiger partial charge is 0.336 e. The van der Waals surface area contributed by atoms with Gasteiger partial charge in [0.1, 0.15) is 11.4 Å².